The topological polar surface area (TPSA) is 160 Å². The SMILES string of the molecule is CSc1ncc(C2=C(C(=O)O)N3C(=O)[C@@H](NC(=O)/C(=N\OC4CCCC4)c4csc(N)n4)[C@H]3SC2)s1. The van der Waals surface area contributed by atoms with Crippen molar-refractivity contribution in [3.05, 3.63) is 27.8 Å². The number of carbonyl (C=O) groups excluding carboxylic acids is 2. The fourth-order valence-corrected chi connectivity index (χ4v) is 7.69. The Morgan fingerprint density at radius 1 is 1.36 bits per heavy atom. The van der Waals surface area contributed by atoms with E-state index in [1.54, 1.807) is 11.6 Å². The molecule has 2 aliphatic heterocycles. The quantitative estimate of drug-likeness (QED) is 0.187. The smallest absolute Gasteiger partial charge is 0.353 e. The number of amides is 2. The van der Waals surface area contributed by atoms with E-state index in [0.29, 0.717) is 16.2 Å². The summed E-state index contributed by atoms with van der Waals surface area (Å²) >= 11 is 5.41. The van der Waals surface area contributed by atoms with Crippen LogP contribution in [0.3, 0.4) is 0 Å². The molecule has 0 unspecified atom stereocenters. The number of carboxylic acid groups (broad SMARTS) is 1. The van der Waals surface area contributed by atoms with Gasteiger partial charge in [0.05, 0.1) is 4.88 Å². The van der Waals surface area contributed by atoms with Gasteiger partial charge in [0.15, 0.2) is 10.8 Å². The number of nitrogens with one attached hydrogen (secondary N) is 1. The third kappa shape index (κ3) is 4.71. The van der Waals surface area contributed by atoms with Gasteiger partial charge in [0.2, 0.25) is 0 Å². The van der Waals surface area contributed by atoms with Crippen LogP contribution in [0.1, 0.15) is 36.3 Å². The molecule has 4 heterocycles. The number of carboxylic acids is 1. The molecule has 5 rings (SSSR count). The molecule has 2 amide bonds. The maximum absolute atomic E-state index is 13.2. The number of rotatable bonds is 8. The van der Waals surface area contributed by atoms with Gasteiger partial charge in [0.25, 0.3) is 11.8 Å². The molecule has 2 fully saturated rings. The van der Waals surface area contributed by atoms with Crippen LogP contribution >= 0.6 is 46.2 Å². The Hall–Kier alpha value is -2.62. The Morgan fingerprint density at radius 2 is 2.14 bits per heavy atom. The molecule has 1 saturated carbocycles. The molecule has 2 aromatic rings. The number of hydrogen-bond acceptors (Lipinski definition) is 12. The van der Waals surface area contributed by atoms with Crippen molar-refractivity contribution >= 4 is 80.4 Å². The lowest BCUT2D eigenvalue weighted by Crippen LogP contribution is -2.71. The number of thioether (sulfide) groups is 2. The molecule has 1 aliphatic carbocycles. The monoisotopic (exact) mass is 566 g/mol. The highest BCUT2D eigenvalue weighted by molar-refractivity contribution is 8.00. The van der Waals surface area contributed by atoms with Crippen LogP contribution in [0, 0.1) is 0 Å². The lowest BCUT2D eigenvalue weighted by Gasteiger charge is -2.49. The molecule has 11 nitrogen and oxygen atoms in total. The minimum absolute atomic E-state index is 0.0640. The second kappa shape index (κ2) is 10.4. The summed E-state index contributed by atoms with van der Waals surface area (Å²) in [6.07, 6.45) is 7.25. The van der Waals surface area contributed by atoms with Crippen molar-refractivity contribution in [1.29, 1.82) is 0 Å². The second-order valence-corrected chi connectivity index (χ2v) is 12.3. The van der Waals surface area contributed by atoms with Gasteiger partial charge in [-0.1, -0.05) is 16.9 Å². The molecule has 2 aromatic heterocycles. The molecule has 0 aromatic carbocycles. The zero-order chi connectivity index (χ0) is 25.4. The van der Waals surface area contributed by atoms with E-state index in [9.17, 15) is 19.5 Å². The van der Waals surface area contributed by atoms with E-state index in [4.69, 9.17) is 10.6 Å². The Balaban J connectivity index is 1.36. The van der Waals surface area contributed by atoms with Gasteiger partial charge < -0.3 is 21.0 Å². The molecule has 0 bridgehead atoms. The number of oxime groups is 1. The van der Waals surface area contributed by atoms with E-state index in [2.05, 4.69) is 20.4 Å². The number of fused-ring (bicyclic) bond motifs is 1. The van der Waals surface area contributed by atoms with Crippen molar-refractivity contribution < 1.29 is 24.3 Å². The molecule has 190 valence electrons. The first-order chi connectivity index (χ1) is 17.4. The van der Waals surface area contributed by atoms with Gasteiger partial charge in [-0.05, 0) is 31.9 Å². The summed E-state index contributed by atoms with van der Waals surface area (Å²) in [6, 6.07) is -0.908. The van der Waals surface area contributed by atoms with Gasteiger partial charge in [0, 0.05) is 22.9 Å². The third-order valence-electron chi connectivity index (χ3n) is 5.99. The highest BCUT2D eigenvalue weighted by atomic mass is 32.2. The normalized spacial score (nSPS) is 22.4. The number of aromatic nitrogens is 2. The van der Waals surface area contributed by atoms with Crippen molar-refractivity contribution in [2.45, 2.75) is 47.5 Å². The Kier molecular flexibility index (Phi) is 7.23. The van der Waals surface area contributed by atoms with Crippen LogP contribution in [-0.4, -0.2) is 73.0 Å². The summed E-state index contributed by atoms with van der Waals surface area (Å²) in [5.74, 6) is -1.96. The first-order valence-corrected chi connectivity index (χ1v) is 15.0. The number of β-lactam (4-membered cyclic amide) rings is 1. The fraction of sp³-hybridized carbons (Fsp3) is 0.429. The number of hydrogen-bond donors (Lipinski definition) is 3. The second-order valence-electron chi connectivity index (χ2n) is 8.21. The van der Waals surface area contributed by atoms with E-state index < -0.39 is 29.2 Å². The summed E-state index contributed by atoms with van der Waals surface area (Å²) in [5, 5.41) is 18.0. The van der Waals surface area contributed by atoms with Crippen LogP contribution < -0.4 is 11.1 Å². The number of thiazole rings is 2. The first kappa shape index (κ1) is 25.0. The van der Waals surface area contributed by atoms with Gasteiger partial charge in [0.1, 0.15) is 33.3 Å². The van der Waals surface area contributed by atoms with Crippen LogP contribution in [0.4, 0.5) is 5.13 Å². The number of carbonyl (C=O) groups is 3. The number of anilines is 1. The standard InChI is InChI=1S/C21H22N6O5S4/c1-33-21-23-6-12(36-21)10-7-34-18-14(17(29)27(18)15(10)19(30)31)25-16(28)13(11-8-35-20(22)24-11)26-32-9-4-2-3-5-9/h6,8-9,14,18H,2-5,7H2,1H3,(H2,22,24)(H,25,28)(H,30,31)/b26-13-/t14-,18-/m1/s1. The molecule has 0 radical (unpaired) electrons. The van der Waals surface area contributed by atoms with Gasteiger partial charge in [-0.2, -0.15) is 0 Å². The van der Waals surface area contributed by atoms with Crippen molar-refractivity contribution in [2.24, 2.45) is 5.16 Å². The van der Waals surface area contributed by atoms with E-state index in [1.165, 1.54) is 39.8 Å². The largest absolute Gasteiger partial charge is 0.477 e. The van der Waals surface area contributed by atoms with Gasteiger partial charge in [-0.3, -0.25) is 14.5 Å². The number of nitrogens with two attached hydrogens (primary N) is 1. The van der Waals surface area contributed by atoms with E-state index in [1.807, 2.05) is 6.26 Å². The predicted octanol–water partition coefficient (Wildman–Crippen LogP) is 2.46. The van der Waals surface area contributed by atoms with Crippen LogP contribution in [0.2, 0.25) is 0 Å². The summed E-state index contributed by atoms with van der Waals surface area (Å²) in [7, 11) is 0. The molecule has 15 heteroatoms. The van der Waals surface area contributed by atoms with Crippen molar-refractivity contribution in [3.63, 3.8) is 0 Å². The van der Waals surface area contributed by atoms with E-state index in [0.717, 1.165) is 41.4 Å². The van der Waals surface area contributed by atoms with Crippen molar-refractivity contribution in [3.8, 4) is 0 Å². The maximum atomic E-state index is 13.2. The zero-order valence-corrected chi connectivity index (χ0v) is 22.3. The lowest BCUT2D eigenvalue weighted by molar-refractivity contribution is -0.149. The molecular weight excluding hydrogens is 545 g/mol. The summed E-state index contributed by atoms with van der Waals surface area (Å²) < 4.78 is 0.809. The average Bonchev–Trinajstić information content (AvgIpc) is 3.64. The van der Waals surface area contributed by atoms with Gasteiger partial charge in [-0.25, -0.2) is 14.8 Å². The minimum atomic E-state index is -1.20. The first-order valence-electron chi connectivity index (χ1n) is 11.0. The highest BCUT2D eigenvalue weighted by Crippen LogP contribution is 2.44. The van der Waals surface area contributed by atoms with Crippen molar-refractivity contribution in [1.82, 2.24) is 20.2 Å². The summed E-state index contributed by atoms with van der Waals surface area (Å²) in [6.45, 7) is 0. The van der Waals surface area contributed by atoms with Crippen molar-refractivity contribution in [2.75, 3.05) is 17.7 Å². The van der Waals surface area contributed by atoms with Crippen LogP contribution in [-0.2, 0) is 19.2 Å². The number of aliphatic carboxylic acids is 1. The Morgan fingerprint density at radius 3 is 2.78 bits per heavy atom. The molecule has 1 saturated heterocycles. The van der Waals surface area contributed by atoms with E-state index in [-0.39, 0.29) is 28.3 Å². The summed E-state index contributed by atoms with van der Waals surface area (Å²) in [5.41, 5.74) is 6.42. The predicted molar refractivity (Wildman–Crippen MR) is 140 cm³/mol. The molecule has 2 atom stereocenters. The summed E-state index contributed by atoms with van der Waals surface area (Å²) in [4.78, 5) is 54.4. The maximum Gasteiger partial charge on any atom is 0.353 e. The third-order valence-corrected chi connectivity index (χ3v) is 10.00. The molecule has 3 aliphatic rings. The fourth-order valence-electron chi connectivity index (χ4n) is 4.23. The van der Waals surface area contributed by atoms with Crippen LogP contribution in [0.15, 0.2) is 26.8 Å². The van der Waals surface area contributed by atoms with Gasteiger partial charge in [-0.15, -0.1) is 34.4 Å². The number of nitrogens with zero attached hydrogens (tertiary/aromatic N) is 4. The lowest BCUT2D eigenvalue weighted by atomic mass is 10.0. The Labute approximate surface area is 222 Å². The average molecular weight is 567 g/mol. The zero-order valence-electron chi connectivity index (χ0n) is 19.0. The molecular formula is C21H22N6O5S4. The molecule has 0 spiro atoms. The van der Waals surface area contributed by atoms with E-state index >= 15 is 0 Å². The van der Waals surface area contributed by atoms with Gasteiger partial charge >= 0.3 is 5.97 Å². The van der Waals surface area contributed by atoms with Crippen LogP contribution in [0.25, 0.3) is 5.57 Å². The molecule has 4 N–H and O–H groups in total. The van der Waals surface area contributed by atoms with Crippen LogP contribution in [0.5, 0.6) is 0 Å². The highest BCUT2D eigenvalue weighted by Gasteiger charge is 2.54. The molecule has 36 heavy (non-hydrogen) atoms. The number of nitrogen functional groups attached to an aromatic ring is 1. The Bertz CT molecular complexity index is 1270. The minimum Gasteiger partial charge on any atom is -0.477 e.